The molecule has 0 fully saturated rings. The van der Waals surface area contributed by atoms with Crippen LogP contribution in [-0.4, -0.2) is 18.1 Å². The highest BCUT2D eigenvalue weighted by atomic mass is 79.9. The van der Waals surface area contributed by atoms with E-state index in [9.17, 15) is 0 Å². The minimum atomic E-state index is 0.0852. The van der Waals surface area contributed by atoms with Crippen molar-refractivity contribution in [2.45, 2.75) is 6.92 Å². The summed E-state index contributed by atoms with van der Waals surface area (Å²) in [5, 5.41) is 11.8. The van der Waals surface area contributed by atoms with Crippen molar-refractivity contribution in [3.63, 3.8) is 0 Å². The highest BCUT2D eigenvalue weighted by molar-refractivity contribution is 9.10. The summed E-state index contributed by atoms with van der Waals surface area (Å²) in [6.07, 6.45) is 0. The SMILES string of the molecule is Cc1ccccc1N(C)c1ccc(/C(N)=N/O)c(Br)c1. The van der Waals surface area contributed by atoms with Crippen LogP contribution in [0.15, 0.2) is 52.1 Å². The molecule has 104 valence electrons. The molecular weight excluding hydrogens is 318 g/mol. The minimum absolute atomic E-state index is 0.0852. The summed E-state index contributed by atoms with van der Waals surface area (Å²) in [6, 6.07) is 13.9. The molecule has 0 aliphatic rings. The summed E-state index contributed by atoms with van der Waals surface area (Å²) in [5.41, 5.74) is 9.62. The Hall–Kier alpha value is -2.01. The van der Waals surface area contributed by atoms with Crippen molar-refractivity contribution in [3.05, 3.63) is 58.1 Å². The molecule has 0 radical (unpaired) electrons. The van der Waals surface area contributed by atoms with Crippen molar-refractivity contribution >= 4 is 33.1 Å². The van der Waals surface area contributed by atoms with Crippen LogP contribution in [0.3, 0.4) is 0 Å². The van der Waals surface area contributed by atoms with Crippen molar-refractivity contribution in [2.24, 2.45) is 10.9 Å². The van der Waals surface area contributed by atoms with Gasteiger partial charge in [-0.2, -0.15) is 0 Å². The standard InChI is InChI=1S/C15H16BrN3O/c1-10-5-3-4-6-14(10)19(2)11-7-8-12(13(16)9-11)15(17)18-20/h3-9,20H,1-2H3,(H2,17,18). The van der Waals surface area contributed by atoms with E-state index in [-0.39, 0.29) is 5.84 Å². The van der Waals surface area contributed by atoms with E-state index < -0.39 is 0 Å². The third-order valence-electron chi connectivity index (χ3n) is 3.20. The van der Waals surface area contributed by atoms with Gasteiger partial charge in [0, 0.05) is 28.5 Å². The maximum atomic E-state index is 8.74. The molecule has 0 aromatic heterocycles. The molecule has 3 N–H and O–H groups in total. The molecule has 0 bridgehead atoms. The second-order valence-electron chi connectivity index (χ2n) is 4.49. The van der Waals surface area contributed by atoms with Gasteiger partial charge in [-0.05, 0) is 52.7 Å². The van der Waals surface area contributed by atoms with Gasteiger partial charge in [-0.3, -0.25) is 0 Å². The molecule has 0 amide bonds. The Morgan fingerprint density at radius 3 is 2.55 bits per heavy atom. The summed E-state index contributed by atoms with van der Waals surface area (Å²) in [7, 11) is 2.01. The zero-order chi connectivity index (χ0) is 14.7. The second kappa shape index (κ2) is 5.96. The van der Waals surface area contributed by atoms with E-state index >= 15 is 0 Å². The quantitative estimate of drug-likeness (QED) is 0.390. The van der Waals surface area contributed by atoms with Crippen LogP contribution in [0.25, 0.3) is 0 Å². The highest BCUT2D eigenvalue weighted by Gasteiger charge is 2.10. The maximum Gasteiger partial charge on any atom is 0.171 e. The Morgan fingerprint density at radius 2 is 1.95 bits per heavy atom. The first-order chi connectivity index (χ1) is 9.54. The molecule has 20 heavy (non-hydrogen) atoms. The molecule has 2 aromatic carbocycles. The van der Waals surface area contributed by atoms with E-state index in [1.165, 1.54) is 5.56 Å². The molecule has 0 aliphatic heterocycles. The van der Waals surface area contributed by atoms with Gasteiger partial charge in [-0.25, -0.2) is 0 Å². The fourth-order valence-electron chi connectivity index (χ4n) is 2.05. The van der Waals surface area contributed by atoms with Crippen molar-refractivity contribution in [3.8, 4) is 0 Å². The Morgan fingerprint density at radius 1 is 1.25 bits per heavy atom. The van der Waals surface area contributed by atoms with E-state index in [0.717, 1.165) is 15.8 Å². The molecule has 2 aromatic rings. The van der Waals surface area contributed by atoms with Gasteiger partial charge in [0.05, 0.1) is 0 Å². The van der Waals surface area contributed by atoms with Crippen molar-refractivity contribution in [1.29, 1.82) is 0 Å². The maximum absolute atomic E-state index is 8.74. The number of nitrogens with two attached hydrogens (primary N) is 1. The fourth-order valence-corrected chi connectivity index (χ4v) is 2.62. The number of rotatable bonds is 3. The lowest BCUT2D eigenvalue weighted by molar-refractivity contribution is 0.318. The van der Waals surface area contributed by atoms with Crippen LogP contribution in [0.2, 0.25) is 0 Å². The molecule has 4 nitrogen and oxygen atoms in total. The first kappa shape index (κ1) is 14.4. The topological polar surface area (TPSA) is 61.8 Å². The van der Waals surface area contributed by atoms with Gasteiger partial charge in [-0.15, -0.1) is 0 Å². The first-order valence-corrected chi connectivity index (χ1v) is 6.90. The largest absolute Gasteiger partial charge is 0.409 e. The van der Waals surface area contributed by atoms with Gasteiger partial charge in [0.25, 0.3) is 0 Å². The summed E-state index contributed by atoms with van der Waals surface area (Å²) >= 11 is 3.45. The summed E-state index contributed by atoms with van der Waals surface area (Å²) in [6.45, 7) is 2.08. The predicted molar refractivity (Wildman–Crippen MR) is 85.9 cm³/mol. The van der Waals surface area contributed by atoms with E-state index in [0.29, 0.717) is 5.56 Å². The van der Waals surface area contributed by atoms with E-state index in [1.807, 2.05) is 37.4 Å². The summed E-state index contributed by atoms with van der Waals surface area (Å²) < 4.78 is 0.783. The van der Waals surface area contributed by atoms with Crippen molar-refractivity contribution in [1.82, 2.24) is 0 Å². The Bertz CT molecular complexity index is 655. The number of halogens is 1. The zero-order valence-corrected chi connectivity index (χ0v) is 12.9. The number of hydrogen-bond donors (Lipinski definition) is 2. The molecule has 0 spiro atoms. The molecule has 0 unspecified atom stereocenters. The minimum Gasteiger partial charge on any atom is -0.409 e. The number of hydrogen-bond acceptors (Lipinski definition) is 3. The zero-order valence-electron chi connectivity index (χ0n) is 11.3. The molecule has 2 rings (SSSR count). The Kier molecular flexibility index (Phi) is 4.29. The molecule has 0 atom stereocenters. The van der Waals surface area contributed by atoms with Crippen LogP contribution < -0.4 is 10.6 Å². The van der Waals surface area contributed by atoms with Gasteiger partial charge in [-0.1, -0.05) is 23.4 Å². The van der Waals surface area contributed by atoms with Gasteiger partial charge in [0.2, 0.25) is 0 Å². The number of oxime groups is 1. The van der Waals surface area contributed by atoms with Gasteiger partial charge >= 0.3 is 0 Å². The van der Waals surface area contributed by atoms with Crippen LogP contribution in [0.5, 0.6) is 0 Å². The number of para-hydroxylation sites is 1. The third kappa shape index (κ3) is 2.77. The van der Waals surface area contributed by atoms with Crippen LogP contribution in [0, 0.1) is 6.92 Å². The molecule has 0 saturated heterocycles. The monoisotopic (exact) mass is 333 g/mol. The number of nitrogens with zero attached hydrogens (tertiary/aromatic N) is 2. The number of anilines is 2. The smallest absolute Gasteiger partial charge is 0.171 e. The Balaban J connectivity index is 2.40. The number of aryl methyl sites for hydroxylation is 1. The van der Waals surface area contributed by atoms with Crippen molar-refractivity contribution < 1.29 is 5.21 Å². The lowest BCUT2D eigenvalue weighted by Gasteiger charge is -2.22. The highest BCUT2D eigenvalue weighted by Crippen LogP contribution is 2.30. The van der Waals surface area contributed by atoms with Crippen molar-refractivity contribution in [2.75, 3.05) is 11.9 Å². The molecule has 0 heterocycles. The van der Waals surface area contributed by atoms with Gasteiger partial charge in [0.1, 0.15) is 0 Å². The third-order valence-corrected chi connectivity index (χ3v) is 3.86. The van der Waals surface area contributed by atoms with Crippen LogP contribution in [0.1, 0.15) is 11.1 Å². The molecular formula is C15H16BrN3O. The van der Waals surface area contributed by atoms with Crippen LogP contribution >= 0.6 is 15.9 Å². The summed E-state index contributed by atoms with van der Waals surface area (Å²) in [4.78, 5) is 2.09. The predicted octanol–water partition coefficient (Wildman–Crippen LogP) is 3.62. The second-order valence-corrected chi connectivity index (χ2v) is 5.35. The average molecular weight is 334 g/mol. The van der Waals surface area contributed by atoms with Gasteiger partial charge in [0.15, 0.2) is 5.84 Å². The van der Waals surface area contributed by atoms with E-state index in [1.54, 1.807) is 0 Å². The lowest BCUT2D eigenvalue weighted by Crippen LogP contribution is -2.15. The van der Waals surface area contributed by atoms with Crippen LogP contribution in [-0.2, 0) is 0 Å². The lowest BCUT2D eigenvalue weighted by atomic mass is 10.1. The number of amidine groups is 1. The normalized spacial score (nSPS) is 11.4. The van der Waals surface area contributed by atoms with Crippen LogP contribution in [0.4, 0.5) is 11.4 Å². The fraction of sp³-hybridized carbons (Fsp3) is 0.133. The van der Waals surface area contributed by atoms with E-state index in [4.69, 9.17) is 10.9 Å². The molecule has 5 heteroatoms. The Labute approximate surface area is 126 Å². The first-order valence-electron chi connectivity index (χ1n) is 6.11. The number of benzene rings is 2. The molecule has 0 aliphatic carbocycles. The van der Waals surface area contributed by atoms with Gasteiger partial charge < -0.3 is 15.8 Å². The summed E-state index contributed by atoms with van der Waals surface area (Å²) in [5.74, 6) is 0.0852. The molecule has 0 saturated carbocycles. The average Bonchev–Trinajstić information content (AvgIpc) is 2.46. The van der Waals surface area contributed by atoms with E-state index in [2.05, 4.69) is 45.0 Å².